The quantitative estimate of drug-likeness (QED) is 0.561. The van der Waals surface area contributed by atoms with E-state index < -0.39 is 5.60 Å². The minimum atomic E-state index is -0.941. The van der Waals surface area contributed by atoms with Crippen LogP contribution in [0, 0.1) is 0 Å². The molecule has 3 N–H and O–H groups in total. The Morgan fingerprint density at radius 2 is 1.95 bits per heavy atom. The van der Waals surface area contributed by atoms with E-state index in [1.165, 1.54) is 23.8 Å². The molecule has 1 atom stereocenters. The Bertz CT molecular complexity index is 481. The Morgan fingerprint density at radius 3 is 2.58 bits per heavy atom. The number of aliphatic hydroxyl groups is 1. The largest absolute Gasteiger partial charge is 0.508 e. The average molecular weight is 262 g/mol. The van der Waals surface area contributed by atoms with E-state index in [1.54, 1.807) is 19.1 Å². The molecule has 3 heteroatoms. The van der Waals surface area contributed by atoms with E-state index >= 15 is 0 Å². The Labute approximate surface area is 114 Å². The second-order valence-electron chi connectivity index (χ2n) is 5.25. The van der Waals surface area contributed by atoms with Crippen molar-refractivity contribution in [2.45, 2.75) is 39.2 Å². The van der Waals surface area contributed by atoms with Crippen molar-refractivity contribution in [3.05, 3.63) is 41.5 Å². The van der Waals surface area contributed by atoms with Crippen molar-refractivity contribution >= 4 is 6.08 Å². The van der Waals surface area contributed by atoms with E-state index in [-0.39, 0.29) is 11.5 Å². The molecule has 1 rings (SSSR count). The van der Waals surface area contributed by atoms with Gasteiger partial charge in [-0.15, -0.1) is 0 Å². The summed E-state index contributed by atoms with van der Waals surface area (Å²) in [5.41, 5.74) is 0.775. The summed E-state index contributed by atoms with van der Waals surface area (Å²) in [5, 5.41) is 29.2. The maximum absolute atomic E-state index is 10.2. The van der Waals surface area contributed by atoms with Crippen LogP contribution in [0.4, 0.5) is 0 Å². The van der Waals surface area contributed by atoms with Gasteiger partial charge >= 0.3 is 0 Å². The van der Waals surface area contributed by atoms with Crippen LogP contribution in [-0.4, -0.2) is 20.9 Å². The second-order valence-corrected chi connectivity index (χ2v) is 5.25. The summed E-state index contributed by atoms with van der Waals surface area (Å²) in [4.78, 5) is 0. The van der Waals surface area contributed by atoms with Crippen molar-refractivity contribution in [3.63, 3.8) is 0 Å². The van der Waals surface area contributed by atoms with Crippen LogP contribution in [0.25, 0.3) is 6.08 Å². The van der Waals surface area contributed by atoms with E-state index in [9.17, 15) is 15.3 Å². The average Bonchev–Trinajstić information content (AvgIpc) is 2.30. The summed E-state index contributed by atoms with van der Waals surface area (Å²) < 4.78 is 0. The highest BCUT2D eigenvalue weighted by molar-refractivity contribution is 5.59. The molecule has 1 aromatic carbocycles. The summed E-state index contributed by atoms with van der Waals surface area (Å²) in [6, 6.07) is 4.30. The number of hydrogen-bond donors (Lipinski definition) is 3. The van der Waals surface area contributed by atoms with Gasteiger partial charge < -0.3 is 15.3 Å². The zero-order chi connectivity index (χ0) is 14.5. The molecule has 19 heavy (non-hydrogen) atoms. The molecule has 0 aliphatic carbocycles. The lowest BCUT2D eigenvalue weighted by Gasteiger charge is -2.18. The summed E-state index contributed by atoms with van der Waals surface area (Å²) in [6.07, 6.45) is 6.74. The molecule has 0 radical (unpaired) electrons. The maximum atomic E-state index is 10.2. The van der Waals surface area contributed by atoms with Crippen LogP contribution in [0.1, 0.15) is 39.2 Å². The first kappa shape index (κ1) is 15.3. The van der Waals surface area contributed by atoms with Gasteiger partial charge in [0.1, 0.15) is 11.5 Å². The van der Waals surface area contributed by atoms with Crippen LogP contribution in [0.2, 0.25) is 0 Å². The number of phenolic OH excluding ortho intramolecular Hbond substituents is 2. The predicted molar refractivity (Wildman–Crippen MR) is 78.1 cm³/mol. The fourth-order valence-corrected chi connectivity index (χ4v) is 1.68. The monoisotopic (exact) mass is 262 g/mol. The Morgan fingerprint density at radius 1 is 1.26 bits per heavy atom. The first-order chi connectivity index (χ1) is 8.80. The zero-order valence-corrected chi connectivity index (χ0v) is 11.7. The van der Waals surface area contributed by atoms with Crippen LogP contribution in [0.3, 0.4) is 0 Å². The van der Waals surface area contributed by atoms with Gasteiger partial charge in [-0.25, -0.2) is 0 Å². The third kappa shape index (κ3) is 5.62. The Hall–Kier alpha value is -1.74. The minimum Gasteiger partial charge on any atom is -0.508 e. The van der Waals surface area contributed by atoms with Gasteiger partial charge in [0.2, 0.25) is 0 Å². The van der Waals surface area contributed by atoms with E-state index in [1.807, 2.05) is 13.8 Å². The number of phenols is 2. The van der Waals surface area contributed by atoms with E-state index in [0.717, 1.165) is 6.42 Å². The van der Waals surface area contributed by atoms with Crippen molar-refractivity contribution in [1.29, 1.82) is 0 Å². The topological polar surface area (TPSA) is 60.7 Å². The third-order valence-electron chi connectivity index (χ3n) is 2.84. The molecule has 0 saturated carbocycles. The van der Waals surface area contributed by atoms with Gasteiger partial charge in [-0.1, -0.05) is 23.8 Å². The van der Waals surface area contributed by atoms with Gasteiger partial charge in [0.05, 0.1) is 5.60 Å². The van der Waals surface area contributed by atoms with E-state index in [4.69, 9.17) is 0 Å². The van der Waals surface area contributed by atoms with Crippen molar-refractivity contribution in [3.8, 4) is 11.5 Å². The summed E-state index contributed by atoms with van der Waals surface area (Å²) in [5.74, 6) is 0.163. The molecule has 0 aliphatic rings. The summed E-state index contributed by atoms with van der Waals surface area (Å²) in [6.45, 7) is 5.77. The van der Waals surface area contributed by atoms with Gasteiger partial charge in [-0.2, -0.15) is 0 Å². The second kappa shape index (κ2) is 6.43. The molecule has 0 aromatic heterocycles. The SMILES string of the molecule is CC(C)=CCC[C@](C)(O)C=Cc1cc(O)ccc1O. The number of hydrogen-bond acceptors (Lipinski definition) is 3. The normalized spacial score (nSPS) is 14.3. The molecule has 0 saturated heterocycles. The Balaban J connectivity index is 2.73. The molecule has 0 unspecified atom stereocenters. The first-order valence-corrected chi connectivity index (χ1v) is 6.37. The smallest absolute Gasteiger partial charge is 0.123 e. The zero-order valence-electron chi connectivity index (χ0n) is 11.7. The number of allylic oxidation sites excluding steroid dienone is 2. The molecule has 0 bridgehead atoms. The fourth-order valence-electron chi connectivity index (χ4n) is 1.68. The van der Waals surface area contributed by atoms with Crippen LogP contribution in [0.15, 0.2) is 35.9 Å². The Kier molecular flexibility index (Phi) is 5.19. The van der Waals surface area contributed by atoms with Crippen molar-refractivity contribution in [2.75, 3.05) is 0 Å². The summed E-state index contributed by atoms with van der Waals surface area (Å²) in [7, 11) is 0. The van der Waals surface area contributed by atoms with Crippen molar-refractivity contribution in [1.82, 2.24) is 0 Å². The molecule has 3 nitrogen and oxygen atoms in total. The number of rotatable bonds is 5. The molecule has 104 valence electrons. The minimum absolute atomic E-state index is 0.0779. The molecule has 0 spiro atoms. The van der Waals surface area contributed by atoms with Gasteiger partial charge in [0.15, 0.2) is 0 Å². The van der Waals surface area contributed by atoms with Gasteiger partial charge in [0, 0.05) is 5.56 Å². The maximum Gasteiger partial charge on any atom is 0.123 e. The van der Waals surface area contributed by atoms with E-state index in [2.05, 4.69) is 6.08 Å². The fraction of sp³-hybridized carbons (Fsp3) is 0.375. The van der Waals surface area contributed by atoms with Crippen molar-refractivity contribution < 1.29 is 15.3 Å². The standard InChI is InChI=1S/C16H22O3/c1-12(2)5-4-9-16(3,19)10-8-13-11-14(17)6-7-15(13)18/h5-8,10-11,17-19H,4,9H2,1-3H3/t16-/m0/s1. The lowest BCUT2D eigenvalue weighted by molar-refractivity contribution is 0.104. The molecule has 1 aromatic rings. The lowest BCUT2D eigenvalue weighted by Crippen LogP contribution is -2.19. The third-order valence-corrected chi connectivity index (χ3v) is 2.84. The highest BCUT2D eigenvalue weighted by Gasteiger charge is 2.15. The highest BCUT2D eigenvalue weighted by atomic mass is 16.3. The molecule has 0 fully saturated rings. The van der Waals surface area contributed by atoms with Gasteiger partial charge in [0.25, 0.3) is 0 Å². The number of benzene rings is 1. The number of aromatic hydroxyl groups is 2. The molecule has 0 aliphatic heterocycles. The first-order valence-electron chi connectivity index (χ1n) is 6.37. The van der Waals surface area contributed by atoms with Crippen LogP contribution in [0.5, 0.6) is 11.5 Å². The van der Waals surface area contributed by atoms with Gasteiger partial charge in [-0.05, 0) is 51.8 Å². The highest BCUT2D eigenvalue weighted by Crippen LogP contribution is 2.25. The molecule has 0 heterocycles. The predicted octanol–water partition coefficient (Wildman–Crippen LogP) is 3.61. The molecule has 0 amide bonds. The van der Waals surface area contributed by atoms with Gasteiger partial charge in [-0.3, -0.25) is 0 Å². The van der Waals surface area contributed by atoms with Crippen LogP contribution < -0.4 is 0 Å². The summed E-state index contributed by atoms with van der Waals surface area (Å²) >= 11 is 0. The lowest BCUT2D eigenvalue weighted by atomic mass is 9.97. The van der Waals surface area contributed by atoms with Crippen molar-refractivity contribution in [2.24, 2.45) is 0 Å². The van der Waals surface area contributed by atoms with E-state index in [0.29, 0.717) is 12.0 Å². The van der Waals surface area contributed by atoms with Crippen LogP contribution >= 0.6 is 0 Å². The van der Waals surface area contributed by atoms with Crippen LogP contribution in [-0.2, 0) is 0 Å². The molecular weight excluding hydrogens is 240 g/mol. The molecular formula is C16H22O3.